The van der Waals surface area contributed by atoms with Gasteiger partial charge in [0.15, 0.2) is 5.78 Å². The number of ketones is 1. The van der Waals surface area contributed by atoms with Crippen molar-refractivity contribution in [3.8, 4) is 0 Å². The minimum atomic E-state index is -1.71. The van der Waals surface area contributed by atoms with Gasteiger partial charge in [0, 0.05) is 36.8 Å². The van der Waals surface area contributed by atoms with Gasteiger partial charge in [-0.2, -0.15) is 0 Å². The molecule has 1 heterocycles. The third kappa shape index (κ3) is 20.7. The quantitative estimate of drug-likeness (QED) is 0.0644. The highest BCUT2D eigenvalue weighted by atomic mass is 33.1. The van der Waals surface area contributed by atoms with Crippen molar-refractivity contribution in [1.82, 2.24) is 37.2 Å². The molecule has 1 fully saturated rings. The maximum Gasteiger partial charge on any atom is 0.407 e. The lowest BCUT2D eigenvalue weighted by atomic mass is 9.90. The zero-order chi connectivity index (χ0) is 57.8. The first-order valence-corrected chi connectivity index (χ1v) is 29.2. The summed E-state index contributed by atoms with van der Waals surface area (Å²) in [5.41, 5.74) is 9.77. The SMILES string of the molecule is CC(O)C(NC(=O)[C@@H]1CSSC[C@H](NC(=O)[C@H](N)Cc2ccccc2)C(=O)C[C@@H](Cc2ccccc2)C(=O)N[C@H](CC2=CCc3ccccc32)C(=O)N[C@@H](CCCCNC(=O)OC(C)(C)C)C(=O)N[C@@H]([C@@H](C)O)C(=O)N1)[C@@H](C)O. The van der Waals surface area contributed by atoms with Crippen LogP contribution >= 0.6 is 21.6 Å². The number of allylic oxidation sites excluding steroid dienone is 1. The van der Waals surface area contributed by atoms with Crippen LogP contribution in [0.5, 0.6) is 0 Å². The van der Waals surface area contributed by atoms with Gasteiger partial charge in [0.1, 0.15) is 29.8 Å². The Hall–Kier alpha value is -6.30. The molecule has 7 amide bonds. The number of nitrogens with two attached hydrogens (primary N) is 1. The van der Waals surface area contributed by atoms with Crippen LogP contribution in [-0.4, -0.2) is 147 Å². The van der Waals surface area contributed by atoms with Crippen LogP contribution in [0.15, 0.2) is 91.0 Å². The van der Waals surface area contributed by atoms with E-state index >= 15 is 0 Å². The lowest BCUT2D eigenvalue weighted by Gasteiger charge is -2.30. The Morgan fingerprint density at radius 2 is 1.34 bits per heavy atom. The number of carbonyl (C=O) groups excluding carboxylic acids is 8. The molecule has 22 heteroatoms. The van der Waals surface area contributed by atoms with E-state index in [9.17, 15) is 53.7 Å². The molecule has 12 N–H and O–H groups in total. The fraction of sp³-hybridized carbons (Fsp3) is 0.509. The van der Waals surface area contributed by atoms with Crippen LogP contribution in [0, 0.1) is 5.92 Å². The smallest absolute Gasteiger partial charge is 0.407 e. The fourth-order valence-corrected chi connectivity index (χ4v) is 11.4. The molecule has 79 heavy (non-hydrogen) atoms. The average Bonchev–Trinajstić information content (AvgIpc) is 3.82. The van der Waals surface area contributed by atoms with E-state index in [-0.39, 0.29) is 50.2 Å². The highest BCUT2D eigenvalue weighted by molar-refractivity contribution is 8.76. The molecule has 11 atom stereocenters. The van der Waals surface area contributed by atoms with Crippen molar-refractivity contribution in [3.05, 3.63) is 113 Å². The second-order valence-electron chi connectivity index (χ2n) is 21.1. The number of aliphatic hydroxyl groups is 3. The largest absolute Gasteiger partial charge is 0.444 e. The molecular weight excluding hydrogens is 1050 g/mol. The molecule has 0 bridgehead atoms. The molecule has 0 saturated carbocycles. The van der Waals surface area contributed by atoms with Gasteiger partial charge in [0.05, 0.1) is 36.4 Å². The molecule has 0 radical (unpaired) electrons. The second-order valence-corrected chi connectivity index (χ2v) is 23.7. The number of fused-ring (bicyclic) bond motifs is 1. The van der Waals surface area contributed by atoms with Gasteiger partial charge >= 0.3 is 6.09 Å². The third-order valence-electron chi connectivity index (χ3n) is 13.3. The Morgan fingerprint density at radius 3 is 1.99 bits per heavy atom. The number of amides is 7. The van der Waals surface area contributed by atoms with Crippen molar-refractivity contribution >= 4 is 74.5 Å². The minimum Gasteiger partial charge on any atom is -0.444 e. The predicted molar refractivity (Wildman–Crippen MR) is 304 cm³/mol. The summed E-state index contributed by atoms with van der Waals surface area (Å²) in [5.74, 6) is -6.78. The number of carbonyl (C=O) groups is 8. The summed E-state index contributed by atoms with van der Waals surface area (Å²) in [4.78, 5) is 114. The Labute approximate surface area is 470 Å². The first kappa shape index (κ1) is 63.5. The average molecular weight is 1130 g/mol. The highest BCUT2D eigenvalue weighted by Crippen LogP contribution is 2.31. The summed E-state index contributed by atoms with van der Waals surface area (Å²) in [7, 11) is 2.11. The number of benzene rings is 3. The first-order valence-electron chi connectivity index (χ1n) is 26.7. The van der Waals surface area contributed by atoms with Gasteiger partial charge < -0.3 is 63.0 Å². The molecule has 1 aliphatic heterocycles. The number of ether oxygens (including phenoxy) is 1. The van der Waals surface area contributed by atoms with E-state index in [0.717, 1.165) is 43.9 Å². The summed E-state index contributed by atoms with van der Waals surface area (Å²) < 4.78 is 5.34. The van der Waals surface area contributed by atoms with Gasteiger partial charge in [-0.15, -0.1) is 0 Å². The van der Waals surface area contributed by atoms with Gasteiger partial charge in [-0.25, -0.2) is 4.79 Å². The Morgan fingerprint density at radius 1 is 0.734 bits per heavy atom. The number of aliphatic hydroxyl groups excluding tert-OH is 3. The van der Waals surface area contributed by atoms with E-state index in [2.05, 4.69) is 37.2 Å². The molecule has 3 aromatic carbocycles. The molecule has 5 rings (SSSR count). The number of unbranched alkanes of at least 4 members (excludes halogenated alkanes) is 1. The van der Waals surface area contributed by atoms with E-state index in [1.165, 1.54) is 20.8 Å². The Balaban J connectivity index is 1.56. The van der Waals surface area contributed by atoms with E-state index in [1.54, 1.807) is 51.1 Å². The maximum atomic E-state index is 15.0. The first-order chi connectivity index (χ1) is 37.5. The lowest BCUT2D eigenvalue weighted by molar-refractivity contribution is -0.137. The number of hydrogen-bond donors (Lipinski definition) is 11. The van der Waals surface area contributed by atoms with Gasteiger partial charge in [0.2, 0.25) is 35.4 Å². The van der Waals surface area contributed by atoms with Crippen LogP contribution in [0.3, 0.4) is 0 Å². The zero-order valence-electron chi connectivity index (χ0n) is 45.7. The van der Waals surface area contributed by atoms with Crippen LogP contribution in [-0.2, 0) is 57.6 Å². The van der Waals surface area contributed by atoms with Crippen LogP contribution in [0.25, 0.3) is 5.57 Å². The number of nitrogens with one attached hydrogen (secondary N) is 7. The van der Waals surface area contributed by atoms with Crippen LogP contribution < -0.4 is 43.0 Å². The molecule has 2 unspecified atom stereocenters. The van der Waals surface area contributed by atoms with Crippen LogP contribution in [0.4, 0.5) is 4.79 Å². The van der Waals surface area contributed by atoms with Crippen molar-refractivity contribution in [2.75, 3.05) is 18.1 Å². The van der Waals surface area contributed by atoms with Crippen LogP contribution in [0.2, 0.25) is 0 Å². The van der Waals surface area contributed by atoms with E-state index in [1.807, 2.05) is 60.7 Å². The molecule has 1 saturated heterocycles. The van der Waals surface area contributed by atoms with Crippen molar-refractivity contribution in [1.29, 1.82) is 0 Å². The second kappa shape index (κ2) is 30.9. The van der Waals surface area contributed by atoms with Gasteiger partial charge in [-0.1, -0.05) is 113 Å². The summed E-state index contributed by atoms with van der Waals surface area (Å²) in [6.07, 6.45) is -1.94. The minimum absolute atomic E-state index is 0.0340. The number of hydrogen-bond acceptors (Lipinski definition) is 15. The summed E-state index contributed by atoms with van der Waals surface area (Å²) >= 11 is 0. The van der Waals surface area contributed by atoms with E-state index in [4.69, 9.17) is 10.5 Å². The highest BCUT2D eigenvalue weighted by Gasteiger charge is 2.37. The molecular formula is C57H78N8O12S2. The van der Waals surface area contributed by atoms with Gasteiger partial charge in [0.25, 0.3) is 0 Å². The molecule has 3 aromatic rings. The standard InChI is InChI=1S/C57H78N8O12S2/c1-33(66)48(34(2)67)64-54(74)46-32-79-78-31-45(62-51(71)42(58)28-37-19-11-8-12-20-37)47(69)30-40(27-36-17-9-7-10-18-36)50(70)61-44(29-39-25-24-38-21-13-14-22-41(38)39)53(73)60-43(52(72)65-49(35(3)68)55(75)63-46)23-15-16-26-59-56(76)77-57(4,5)6/h7-14,17-22,25,33-35,40,42-46,48-49,66-68H,15-16,23-24,26-32,58H2,1-6H3,(H,59,76)(H,60,73)(H,61,70)(H,62,71)(H,63,75)(H,64,74)(H,65,72)/t33-,34?,35-,40-,42-,43+,44-,45+,46+,48?,49+/m1/s1. The molecule has 430 valence electrons. The molecule has 1 aliphatic carbocycles. The number of alkyl carbamates (subject to hydrolysis) is 1. The van der Waals surface area contributed by atoms with Crippen molar-refractivity contribution in [3.63, 3.8) is 0 Å². The fourth-order valence-electron chi connectivity index (χ4n) is 9.03. The molecule has 20 nitrogen and oxygen atoms in total. The van der Waals surface area contributed by atoms with Gasteiger partial charge in [-0.05, 0) is 108 Å². The number of rotatable bonds is 18. The molecule has 0 aromatic heterocycles. The number of Topliss-reactive ketones (excluding diaryl/α,β-unsaturated/α-hetero) is 1. The summed E-state index contributed by atoms with van der Waals surface area (Å²) in [5, 5.41) is 50.9. The normalized spacial score (nSPS) is 22.9. The summed E-state index contributed by atoms with van der Waals surface area (Å²) in [6.45, 7) is 9.27. The third-order valence-corrected chi connectivity index (χ3v) is 15.7. The van der Waals surface area contributed by atoms with E-state index < -0.39 is 126 Å². The molecule has 2 aliphatic rings. The van der Waals surface area contributed by atoms with Crippen molar-refractivity contribution in [2.45, 2.75) is 159 Å². The predicted octanol–water partition coefficient (Wildman–Crippen LogP) is 2.55. The zero-order valence-corrected chi connectivity index (χ0v) is 47.3. The van der Waals surface area contributed by atoms with E-state index in [0.29, 0.717) is 18.4 Å². The Kier molecular flexibility index (Phi) is 24.8. The maximum absolute atomic E-state index is 15.0. The van der Waals surface area contributed by atoms with Gasteiger partial charge in [-0.3, -0.25) is 33.6 Å². The lowest BCUT2D eigenvalue weighted by Crippen LogP contribution is -2.62. The Bertz CT molecular complexity index is 2570. The topological polar surface area (TPSA) is 317 Å². The summed E-state index contributed by atoms with van der Waals surface area (Å²) in [6, 6.07) is 16.3. The monoisotopic (exact) mass is 1130 g/mol. The molecule has 0 spiro atoms. The van der Waals surface area contributed by atoms with Crippen molar-refractivity contribution < 1.29 is 58.4 Å². The van der Waals surface area contributed by atoms with Crippen molar-refractivity contribution in [2.24, 2.45) is 11.7 Å². The van der Waals surface area contributed by atoms with Crippen LogP contribution in [0.1, 0.15) is 95.9 Å².